The molecule has 5 heteroatoms. The van der Waals surface area contributed by atoms with E-state index in [1.54, 1.807) is 30.3 Å². The van der Waals surface area contributed by atoms with Crippen molar-refractivity contribution in [1.29, 1.82) is 0 Å². The lowest BCUT2D eigenvalue weighted by atomic mass is 10.2. The lowest BCUT2D eigenvalue weighted by Crippen LogP contribution is -1.91. The molecule has 2 aromatic rings. The van der Waals surface area contributed by atoms with Crippen LogP contribution in [0.4, 0.5) is 0 Å². The molecule has 0 aliphatic carbocycles. The zero-order valence-corrected chi connectivity index (χ0v) is 12.1. The molecule has 0 unspecified atom stereocenters. The SMILES string of the molecule is O=Cc1cc(Cl)ccc1Oc1cc(Br)ccc1Cl. The van der Waals surface area contributed by atoms with E-state index < -0.39 is 0 Å². The summed E-state index contributed by atoms with van der Waals surface area (Å²) < 4.78 is 6.45. The van der Waals surface area contributed by atoms with Gasteiger partial charge in [-0.2, -0.15) is 0 Å². The van der Waals surface area contributed by atoms with Crippen LogP contribution in [0.2, 0.25) is 10.0 Å². The van der Waals surface area contributed by atoms with E-state index in [1.807, 2.05) is 0 Å². The Morgan fingerprint density at radius 2 is 1.83 bits per heavy atom. The van der Waals surface area contributed by atoms with Crippen molar-refractivity contribution in [2.45, 2.75) is 0 Å². The number of halogens is 3. The van der Waals surface area contributed by atoms with E-state index in [1.165, 1.54) is 6.07 Å². The average molecular weight is 346 g/mol. The van der Waals surface area contributed by atoms with Crippen LogP contribution in [-0.2, 0) is 0 Å². The van der Waals surface area contributed by atoms with Gasteiger partial charge in [-0.15, -0.1) is 0 Å². The molecule has 0 aliphatic rings. The van der Waals surface area contributed by atoms with Crippen LogP contribution >= 0.6 is 39.1 Å². The van der Waals surface area contributed by atoms with Gasteiger partial charge in [0.2, 0.25) is 0 Å². The molecule has 2 nitrogen and oxygen atoms in total. The lowest BCUT2D eigenvalue weighted by Gasteiger charge is -2.10. The summed E-state index contributed by atoms with van der Waals surface area (Å²) in [7, 11) is 0. The second-order valence-electron chi connectivity index (χ2n) is 3.48. The van der Waals surface area contributed by atoms with Crippen molar-refractivity contribution in [2.24, 2.45) is 0 Å². The number of benzene rings is 2. The van der Waals surface area contributed by atoms with E-state index >= 15 is 0 Å². The summed E-state index contributed by atoms with van der Waals surface area (Å²) in [4.78, 5) is 10.9. The molecule has 0 heterocycles. The van der Waals surface area contributed by atoms with Gasteiger partial charge in [0, 0.05) is 9.50 Å². The van der Waals surface area contributed by atoms with Gasteiger partial charge in [0.05, 0.1) is 10.6 Å². The fourth-order valence-electron chi connectivity index (χ4n) is 1.38. The molecule has 0 radical (unpaired) electrons. The normalized spacial score (nSPS) is 10.2. The van der Waals surface area contributed by atoms with Gasteiger partial charge in [-0.05, 0) is 36.4 Å². The molecule has 0 saturated heterocycles. The third kappa shape index (κ3) is 3.05. The quantitative estimate of drug-likeness (QED) is 0.700. The second kappa shape index (κ2) is 5.74. The predicted molar refractivity (Wildman–Crippen MR) is 76.1 cm³/mol. The van der Waals surface area contributed by atoms with E-state index in [4.69, 9.17) is 27.9 Å². The number of hydrogen-bond donors (Lipinski definition) is 0. The molecule has 2 aromatic carbocycles. The molecule has 92 valence electrons. The summed E-state index contributed by atoms with van der Waals surface area (Å²) in [5.74, 6) is 0.880. The Morgan fingerprint density at radius 1 is 1.06 bits per heavy atom. The summed E-state index contributed by atoms with van der Waals surface area (Å²) >= 11 is 15.1. The van der Waals surface area contributed by atoms with E-state index in [2.05, 4.69) is 15.9 Å². The number of hydrogen-bond acceptors (Lipinski definition) is 2. The molecule has 0 fully saturated rings. The van der Waals surface area contributed by atoms with Crippen LogP contribution in [0.1, 0.15) is 10.4 Å². The Morgan fingerprint density at radius 3 is 2.56 bits per heavy atom. The molecule has 0 aliphatic heterocycles. The minimum absolute atomic E-state index is 0.374. The van der Waals surface area contributed by atoms with Crippen molar-refractivity contribution < 1.29 is 9.53 Å². The summed E-state index contributed by atoms with van der Waals surface area (Å²) in [6, 6.07) is 10.1. The van der Waals surface area contributed by atoms with Crippen molar-refractivity contribution in [1.82, 2.24) is 0 Å². The Labute approximate surface area is 123 Å². The second-order valence-corrected chi connectivity index (χ2v) is 5.24. The van der Waals surface area contributed by atoms with Crippen LogP contribution in [0.15, 0.2) is 40.9 Å². The lowest BCUT2D eigenvalue weighted by molar-refractivity contribution is 0.112. The Balaban J connectivity index is 2.39. The summed E-state index contributed by atoms with van der Waals surface area (Å²) in [6.07, 6.45) is 0.688. The topological polar surface area (TPSA) is 26.3 Å². The Bertz CT molecular complexity index is 600. The third-order valence-corrected chi connectivity index (χ3v) is 3.25. The van der Waals surface area contributed by atoms with Crippen LogP contribution in [-0.4, -0.2) is 6.29 Å². The number of aldehydes is 1. The fraction of sp³-hybridized carbons (Fsp3) is 0. The minimum atomic E-state index is 0.374. The highest BCUT2D eigenvalue weighted by Gasteiger charge is 2.08. The zero-order valence-electron chi connectivity index (χ0n) is 8.99. The summed E-state index contributed by atoms with van der Waals surface area (Å²) in [6.45, 7) is 0. The van der Waals surface area contributed by atoms with E-state index in [0.717, 1.165) is 4.47 Å². The molecule has 0 atom stereocenters. The largest absolute Gasteiger partial charge is 0.455 e. The maximum absolute atomic E-state index is 10.9. The summed E-state index contributed by atoms with van der Waals surface area (Å²) in [5.41, 5.74) is 0.374. The first-order valence-electron chi connectivity index (χ1n) is 4.98. The summed E-state index contributed by atoms with van der Waals surface area (Å²) in [5, 5.41) is 0.940. The third-order valence-electron chi connectivity index (χ3n) is 2.21. The van der Waals surface area contributed by atoms with Crippen molar-refractivity contribution in [3.05, 3.63) is 56.5 Å². The Kier molecular flexibility index (Phi) is 4.27. The molecule has 0 bridgehead atoms. The van der Waals surface area contributed by atoms with Gasteiger partial charge in [-0.1, -0.05) is 39.1 Å². The maximum Gasteiger partial charge on any atom is 0.153 e. The van der Waals surface area contributed by atoms with Crippen LogP contribution in [0.25, 0.3) is 0 Å². The molecular formula is C13H7BrCl2O2. The molecule has 18 heavy (non-hydrogen) atoms. The fourth-order valence-corrected chi connectivity index (χ4v) is 2.05. The van der Waals surface area contributed by atoms with Gasteiger partial charge in [0.25, 0.3) is 0 Å². The highest BCUT2D eigenvalue weighted by Crippen LogP contribution is 2.33. The number of carbonyl (C=O) groups is 1. The minimum Gasteiger partial charge on any atom is -0.455 e. The predicted octanol–water partition coefficient (Wildman–Crippen LogP) is 5.36. The molecular weight excluding hydrogens is 339 g/mol. The van der Waals surface area contributed by atoms with Gasteiger partial charge in [0.1, 0.15) is 11.5 Å². The van der Waals surface area contributed by atoms with Crippen LogP contribution in [0.3, 0.4) is 0 Å². The molecule has 0 aromatic heterocycles. The molecule has 0 N–H and O–H groups in total. The van der Waals surface area contributed by atoms with Gasteiger partial charge >= 0.3 is 0 Å². The van der Waals surface area contributed by atoms with E-state index in [0.29, 0.717) is 33.4 Å². The zero-order chi connectivity index (χ0) is 13.1. The average Bonchev–Trinajstić information content (AvgIpc) is 2.36. The molecule has 0 spiro atoms. The van der Waals surface area contributed by atoms with Crippen LogP contribution < -0.4 is 4.74 Å². The van der Waals surface area contributed by atoms with Gasteiger partial charge in [-0.3, -0.25) is 4.79 Å². The maximum atomic E-state index is 10.9. The molecule has 2 rings (SSSR count). The highest BCUT2D eigenvalue weighted by atomic mass is 79.9. The van der Waals surface area contributed by atoms with Crippen molar-refractivity contribution in [2.75, 3.05) is 0 Å². The van der Waals surface area contributed by atoms with Crippen molar-refractivity contribution in [3.8, 4) is 11.5 Å². The molecule has 0 amide bonds. The number of rotatable bonds is 3. The van der Waals surface area contributed by atoms with E-state index in [9.17, 15) is 4.79 Å². The standard InChI is InChI=1S/C13H7BrCl2O2/c14-9-1-3-11(16)13(6-9)18-12-4-2-10(15)5-8(12)7-17/h1-7H. The van der Waals surface area contributed by atoms with Crippen molar-refractivity contribution in [3.63, 3.8) is 0 Å². The van der Waals surface area contributed by atoms with Gasteiger partial charge in [0.15, 0.2) is 6.29 Å². The van der Waals surface area contributed by atoms with Crippen molar-refractivity contribution >= 4 is 45.4 Å². The Hall–Kier alpha value is -1.03. The first kappa shape index (κ1) is 13.4. The first-order chi connectivity index (χ1) is 8.60. The number of carbonyl (C=O) groups excluding carboxylic acids is 1. The number of ether oxygens (including phenoxy) is 1. The van der Waals surface area contributed by atoms with Gasteiger partial charge in [-0.25, -0.2) is 0 Å². The monoisotopic (exact) mass is 344 g/mol. The highest BCUT2D eigenvalue weighted by molar-refractivity contribution is 9.10. The van der Waals surface area contributed by atoms with Crippen LogP contribution in [0.5, 0.6) is 11.5 Å². The first-order valence-corrected chi connectivity index (χ1v) is 6.52. The van der Waals surface area contributed by atoms with E-state index in [-0.39, 0.29) is 0 Å². The van der Waals surface area contributed by atoms with Gasteiger partial charge < -0.3 is 4.74 Å². The smallest absolute Gasteiger partial charge is 0.153 e. The molecule has 0 saturated carbocycles. The van der Waals surface area contributed by atoms with Crippen LogP contribution in [0, 0.1) is 0 Å².